The molecular formula is C18H12F2N2O7S. The molecule has 0 radical (unpaired) electrons. The predicted molar refractivity (Wildman–Crippen MR) is 101 cm³/mol. The Labute approximate surface area is 166 Å². The predicted octanol–water partition coefficient (Wildman–Crippen LogP) is 3.91. The number of carbonyl (C=O) groups is 1. The number of rotatable bonds is 6. The molecule has 0 amide bonds. The average molecular weight is 438 g/mol. The summed E-state index contributed by atoms with van der Waals surface area (Å²) >= 11 is 0. The number of hydrogen-bond acceptors (Lipinski definition) is 7. The first kappa shape index (κ1) is 19.6. The smallest absolute Gasteiger partial charge is 0.387 e. The molecule has 2 aromatic carbocycles. The van der Waals surface area contributed by atoms with Crippen molar-refractivity contribution in [3.63, 3.8) is 0 Å². The fourth-order valence-corrected chi connectivity index (χ4v) is 3.55. The van der Waals surface area contributed by atoms with Gasteiger partial charge >= 0.3 is 12.6 Å². The van der Waals surface area contributed by atoms with E-state index in [0.717, 1.165) is 12.5 Å². The van der Waals surface area contributed by atoms with Gasteiger partial charge in [0.05, 0.1) is 6.26 Å². The molecule has 0 spiro atoms. The highest BCUT2D eigenvalue weighted by Crippen LogP contribution is 2.42. The maximum atomic E-state index is 12.8. The van der Waals surface area contributed by atoms with Gasteiger partial charge in [0.1, 0.15) is 11.8 Å². The van der Waals surface area contributed by atoms with E-state index in [1.807, 2.05) is 0 Å². The van der Waals surface area contributed by atoms with Gasteiger partial charge in [0, 0.05) is 22.0 Å². The summed E-state index contributed by atoms with van der Waals surface area (Å²) in [5.41, 5.74) is 0.292. The molecule has 30 heavy (non-hydrogen) atoms. The summed E-state index contributed by atoms with van der Waals surface area (Å²) in [6.45, 7) is -3.12. The third-order valence-electron chi connectivity index (χ3n) is 4.06. The zero-order chi connectivity index (χ0) is 21.6. The first-order valence-electron chi connectivity index (χ1n) is 8.23. The molecule has 0 saturated carbocycles. The van der Waals surface area contributed by atoms with Gasteiger partial charge in [0.2, 0.25) is 15.9 Å². The first-order chi connectivity index (χ1) is 14.1. The molecule has 2 aromatic heterocycles. The zero-order valence-electron chi connectivity index (χ0n) is 15.0. The summed E-state index contributed by atoms with van der Waals surface area (Å²) in [5, 5.41) is 9.65. The summed E-state index contributed by atoms with van der Waals surface area (Å²) in [7, 11) is -3.58. The van der Waals surface area contributed by atoms with Crippen LogP contribution >= 0.6 is 0 Å². The number of carboxylic acids is 1. The normalized spacial score (nSPS) is 12.0. The van der Waals surface area contributed by atoms with Crippen molar-refractivity contribution < 1.29 is 40.7 Å². The van der Waals surface area contributed by atoms with Crippen LogP contribution < -0.4 is 9.46 Å². The van der Waals surface area contributed by atoms with Crippen LogP contribution in [0.4, 0.5) is 14.5 Å². The van der Waals surface area contributed by atoms with E-state index in [-0.39, 0.29) is 45.1 Å². The summed E-state index contributed by atoms with van der Waals surface area (Å²) in [6.07, 6.45) is 1.91. The minimum Gasteiger partial charge on any atom is -0.476 e. The van der Waals surface area contributed by atoms with Crippen molar-refractivity contribution in [1.29, 1.82) is 0 Å². The monoisotopic (exact) mass is 438 g/mol. The number of furan rings is 1. The summed E-state index contributed by atoms with van der Waals surface area (Å²) in [6, 6.07) is 6.92. The second-order valence-corrected chi connectivity index (χ2v) is 7.97. The maximum Gasteiger partial charge on any atom is 0.387 e. The van der Waals surface area contributed by atoms with Gasteiger partial charge in [0.15, 0.2) is 17.0 Å². The van der Waals surface area contributed by atoms with Crippen LogP contribution in [0.5, 0.6) is 5.75 Å². The number of aromatic nitrogens is 1. The maximum absolute atomic E-state index is 12.8. The quantitative estimate of drug-likeness (QED) is 0.463. The van der Waals surface area contributed by atoms with E-state index < -0.39 is 22.6 Å². The molecule has 0 bridgehead atoms. The molecule has 0 aliphatic heterocycles. The molecule has 9 nitrogen and oxygen atoms in total. The number of alkyl halides is 2. The average Bonchev–Trinajstić information content (AvgIpc) is 3.26. The number of oxazole rings is 1. The summed E-state index contributed by atoms with van der Waals surface area (Å²) in [4.78, 5) is 15.0. The zero-order valence-corrected chi connectivity index (χ0v) is 15.9. The second-order valence-electron chi connectivity index (χ2n) is 6.22. The standard InChI is InChI=1S/C18H12F2N2O7S/c1-30(25,26)22-8-2-4-12-10(6-8)14-9(16-21-11(7-27-16)17(23)24)3-5-13(15(14)28-12)29-18(19)20/h2-7,18,22H,1H3,(H,23,24). The van der Waals surface area contributed by atoms with E-state index in [9.17, 15) is 22.0 Å². The Kier molecular flexibility index (Phi) is 4.57. The van der Waals surface area contributed by atoms with Crippen molar-refractivity contribution in [1.82, 2.24) is 4.98 Å². The fourth-order valence-electron chi connectivity index (χ4n) is 3.00. The molecule has 0 aliphatic carbocycles. The highest BCUT2D eigenvalue weighted by molar-refractivity contribution is 7.92. The minimum atomic E-state index is -3.58. The van der Waals surface area contributed by atoms with Gasteiger partial charge in [-0.05, 0) is 30.3 Å². The highest BCUT2D eigenvalue weighted by atomic mass is 32.2. The number of halogens is 2. The lowest BCUT2D eigenvalue weighted by atomic mass is 10.1. The number of benzene rings is 2. The van der Waals surface area contributed by atoms with Crippen molar-refractivity contribution in [2.75, 3.05) is 11.0 Å². The SMILES string of the molecule is CS(=O)(=O)Nc1ccc2oc3c(OC(F)F)ccc(-c4nc(C(=O)O)co4)c3c2c1. The number of anilines is 1. The Morgan fingerprint density at radius 3 is 2.67 bits per heavy atom. The molecule has 0 atom stereocenters. The van der Waals surface area contributed by atoms with E-state index in [1.54, 1.807) is 0 Å². The Hall–Kier alpha value is -3.67. The Morgan fingerprint density at radius 2 is 2.03 bits per heavy atom. The third kappa shape index (κ3) is 3.64. The first-order valence-corrected chi connectivity index (χ1v) is 10.1. The Morgan fingerprint density at radius 1 is 1.27 bits per heavy atom. The molecular weight excluding hydrogens is 426 g/mol. The molecule has 2 heterocycles. The molecule has 0 unspecified atom stereocenters. The van der Waals surface area contributed by atoms with Crippen molar-refractivity contribution in [2.24, 2.45) is 0 Å². The van der Waals surface area contributed by atoms with Gasteiger partial charge in [-0.25, -0.2) is 18.2 Å². The van der Waals surface area contributed by atoms with Crippen molar-refractivity contribution in [3.05, 3.63) is 42.3 Å². The number of carboxylic acid groups (broad SMARTS) is 1. The largest absolute Gasteiger partial charge is 0.476 e. The molecule has 0 saturated heterocycles. The highest BCUT2D eigenvalue weighted by Gasteiger charge is 2.22. The van der Waals surface area contributed by atoms with Crippen LogP contribution in [0, 0.1) is 0 Å². The van der Waals surface area contributed by atoms with Crippen LogP contribution in [0.3, 0.4) is 0 Å². The van der Waals surface area contributed by atoms with Crippen molar-refractivity contribution in [3.8, 4) is 17.2 Å². The molecule has 0 aliphatic rings. The number of fused-ring (bicyclic) bond motifs is 3. The lowest BCUT2D eigenvalue weighted by molar-refractivity contribution is -0.0493. The molecule has 4 rings (SSSR count). The molecule has 12 heteroatoms. The molecule has 156 valence electrons. The number of nitrogens with zero attached hydrogens (tertiary/aromatic N) is 1. The summed E-state index contributed by atoms with van der Waals surface area (Å²) < 4.78 is 66.5. The topological polar surface area (TPSA) is 132 Å². The van der Waals surface area contributed by atoms with Gasteiger partial charge < -0.3 is 18.7 Å². The number of aromatic carboxylic acids is 1. The Bertz CT molecular complexity index is 1390. The molecule has 2 N–H and O–H groups in total. The van der Waals surface area contributed by atoms with Gasteiger partial charge in [-0.15, -0.1) is 0 Å². The number of ether oxygens (including phenoxy) is 1. The summed E-state index contributed by atoms with van der Waals surface area (Å²) in [5.74, 6) is -1.66. The number of hydrogen-bond donors (Lipinski definition) is 2. The van der Waals surface area contributed by atoms with Crippen molar-refractivity contribution in [2.45, 2.75) is 6.61 Å². The van der Waals surface area contributed by atoms with E-state index >= 15 is 0 Å². The lowest BCUT2D eigenvalue weighted by Crippen LogP contribution is -2.09. The molecule has 0 fully saturated rings. The Balaban J connectivity index is 2.01. The van der Waals surface area contributed by atoms with Gasteiger partial charge in [0.25, 0.3) is 0 Å². The van der Waals surface area contributed by atoms with E-state index in [4.69, 9.17) is 13.9 Å². The van der Waals surface area contributed by atoms with Gasteiger partial charge in [-0.2, -0.15) is 8.78 Å². The van der Waals surface area contributed by atoms with Gasteiger partial charge in [-0.1, -0.05) is 0 Å². The van der Waals surface area contributed by atoms with Crippen LogP contribution in [-0.4, -0.2) is 37.3 Å². The van der Waals surface area contributed by atoms with Crippen LogP contribution in [0.2, 0.25) is 0 Å². The fraction of sp³-hybridized carbons (Fsp3) is 0.111. The van der Waals surface area contributed by atoms with Crippen LogP contribution in [0.1, 0.15) is 10.5 Å². The number of nitrogens with one attached hydrogen (secondary N) is 1. The van der Waals surface area contributed by atoms with E-state index in [2.05, 4.69) is 14.4 Å². The van der Waals surface area contributed by atoms with E-state index in [0.29, 0.717) is 5.39 Å². The number of sulfonamides is 1. The van der Waals surface area contributed by atoms with E-state index in [1.165, 1.54) is 30.3 Å². The molecule has 4 aromatic rings. The minimum absolute atomic E-state index is 0.0608. The second kappa shape index (κ2) is 6.99. The third-order valence-corrected chi connectivity index (χ3v) is 4.66. The van der Waals surface area contributed by atoms with Crippen LogP contribution in [0.25, 0.3) is 33.4 Å². The van der Waals surface area contributed by atoms with Crippen molar-refractivity contribution >= 4 is 43.6 Å². The van der Waals surface area contributed by atoms with Crippen LogP contribution in [0.15, 0.2) is 45.4 Å². The van der Waals surface area contributed by atoms with Gasteiger partial charge in [-0.3, -0.25) is 4.72 Å². The van der Waals surface area contributed by atoms with Crippen LogP contribution in [-0.2, 0) is 10.0 Å². The lowest BCUT2D eigenvalue weighted by Gasteiger charge is -2.07.